The Kier molecular flexibility index (Phi) is 3.52. The Labute approximate surface area is 115 Å². The van der Waals surface area contributed by atoms with Crippen molar-refractivity contribution in [2.45, 2.75) is 32.0 Å². The van der Waals surface area contributed by atoms with Crippen molar-refractivity contribution < 1.29 is 9.59 Å². The maximum Gasteiger partial charge on any atom is 0.249 e. The van der Waals surface area contributed by atoms with Gasteiger partial charge in [-0.05, 0) is 25.0 Å². The molecule has 1 aromatic heterocycles. The van der Waals surface area contributed by atoms with Crippen LogP contribution in [0.2, 0.25) is 0 Å². The number of rotatable bonds is 4. The summed E-state index contributed by atoms with van der Waals surface area (Å²) < 4.78 is 0. The van der Waals surface area contributed by atoms with Crippen LogP contribution in [-0.2, 0) is 14.9 Å². The minimum absolute atomic E-state index is 0.106. The molecule has 0 aromatic carbocycles. The zero-order valence-electron chi connectivity index (χ0n) is 10.4. The number of aromatic nitrogens is 1. The van der Waals surface area contributed by atoms with Crippen molar-refractivity contribution in [1.82, 2.24) is 4.98 Å². The molecule has 18 heavy (non-hydrogen) atoms. The first kappa shape index (κ1) is 13.2. The van der Waals surface area contributed by atoms with Gasteiger partial charge in [-0.3, -0.25) is 14.6 Å². The van der Waals surface area contributed by atoms with Gasteiger partial charge < -0.3 is 0 Å². The van der Waals surface area contributed by atoms with E-state index in [0.29, 0.717) is 23.9 Å². The van der Waals surface area contributed by atoms with E-state index in [-0.39, 0.29) is 11.8 Å². The summed E-state index contributed by atoms with van der Waals surface area (Å²) in [5.41, 5.74) is 0.636. The van der Waals surface area contributed by atoms with E-state index in [1.807, 2.05) is 19.9 Å². The fourth-order valence-corrected chi connectivity index (χ4v) is 2.61. The number of alkyl halides is 1. The van der Waals surface area contributed by atoms with Crippen molar-refractivity contribution in [3.8, 4) is 0 Å². The lowest BCUT2D eigenvalue weighted by atomic mass is 9.73. The van der Waals surface area contributed by atoms with E-state index in [9.17, 15) is 9.59 Å². The molecule has 0 unspecified atom stereocenters. The third-order valence-electron chi connectivity index (χ3n) is 3.64. The first-order chi connectivity index (χ1) is 8.60. The van der Waals surface area contributed by atoms with Crippen molar-refractivity contribution >= 4 is 33.4 Å². The number of β-lactam (4-membered cyclic amide) rings is 2. The largest absolute Gasteiger partial charge is 0.273 e. The second kappa shape index (κ2) is 4.80. The van der Waals surface area contributed by atoms with Crippen molar-refractivity contribution in [1.29, 1.82) is 0 Å². The van der Waals surface area contributed by atoms with Crippen LogP contribution in [0.15, 0.2) is 18.3 Å². The molecule has 2 amide bonds. The Morgan fingerprint density at radius 1 is 1.22 bits per heavy atom. The van der Waals surface area contributed by atoms with E-state index in [0.717, 1.165) is 5.69 Å². The Morgan fingerprint density at radius 2 is 1.83 bits per heavy atom. The van der Waals surface area contributed by atoms with Crippen molar-refractivity contribution in [3.63, 3.8) is 0 Å². The van der Waals surface area contributed by atoms with Crippen LogP contribution in [0.5, 0.6) is 0 Å². The average molecular weight is 311 g/mol. The number of carbonyl (C=O) groups excluding carboxylic acids is 2. The van der Waals surface area contributed by atoms with Gasteiger partial charge in [0.05, 0.1) is 17.6 Å². The summed E-state index contributed by atoms with van der Waals surface area (Å²) in [7, 11) is 0. The number of pyridine rings is 1. The maximum absolute atomic E-state index is 12.2. The average Bonchev–Trinajstić information content (AvgIpc) is 2.41. The lowest BCUT2D eigenvalue weighted by Gasteiger charge is -2.45. The molecule has 5 heteroatoms. The van der Waals surface area contributed by atoms with E-state index in [2.05, 4.69) is 20.9 Å². The van der Waals surface area contributed by atoms with E-state index in [4.69, 9.17) is 0 Å². The molecule has 0 saturated carbocycles. The van der Waals surface area contributed by atoms with Crippen molar-refractivity contribution in [3.05, 3.63) is 24.0 Å². The number of carbonyl (C=O) groups is 2. The molecule has 1 aliphatic rings. The quantitative estimate of drug-likeness (QED) is 0.488. The molecule has 0 atom stereocenters. The molecule has 0 bridgehead atoms. The summed E-state index contributed by atoms with van der Waals surface area (Å²) in [6.45, 7) is 3.76. The molecule has 1 saturated heterocycles. The third kappa shape index (κ3) is 1.68. The molecule has 4 nitrogen and oxygen atoms in total. The van der Waals surface area contributed by atoms with Gasteiger partial charge in [-0.1, -0.05) is 29.8 Å². The van der Waals surface area contributed by atoms with E-state index in [1.165, 1.54) is 4.90 Å². The van der Waals surface area contributed by atoms with Gasteiger partial charge in [-0.15, -0.1) is 0 Å². The maximum atomic E-state index is 12.2. The summed E-state index contributed by atoms with van der Waals surface area (Å²) in [6, 6.07) is 3.57. The highest BCUT2D eigenvalue weighted by Crippen LogP contribution is 2.42. The number of hydrogen-bond acceptors (Lipinski definition) is 3. The lowest BCUT2D eigenvalue weighted by Crippen LogP contribution is -2.66. The minimum atomic E-state index is -0.798. The molecule has 0 spiro atoms. The fraction of sp³-hybridized carbons (Fsp3) is 0.462. The summed E-state index contributed by atoms with van der Waals surface area (Å²) in [5, 5.41) is 0.656. The molecule has 96 valence electrons. The Morgan fingerprint density at radius 3 is 2.22 bits per heavy atom. The van der Waals surface area contributed by atoms with E-state index >= 15 is 0 Å². The smallest absolute Gasteiger partial charge is 0.249 e. The van der Waals surface area contributed by atoms with Gasteiger partial charge in [0.1, 0.15) is 5.41 Å². The van der Waals surface area contributed by atoms with Crippen molar-refractivity contribution in [2.75, 3.05) is 4.90 Å². The van der Waals surface area contributed by atoms with Gasteiger partial charge in [0.25, 0.3) is 0 Å². The Balaban J connectivity index is 2.26. The normalized spacial score (nSPS) is 17.8. The van der Waals surface area contributed by atoms with Crippen LogP contribution in [0.1, 0.15) is 32.4 Å². The number of anilines is 1. The molecule has 1 aliphatic heterocycles. The van der Waals surface area contributed by atoms with Gasteiger partial charge in [0.2, 0.25) is 11.8 Å². The number of hydrogen-bond donors (Lipinski definition) is 0. The molecular formula is C13H15BrN2O2. The van der Waals surface area contributed by atoms with Crippen LogP contribution < -0.4 is 4.90 Å². The Hall–Kier alpha value is -1.23. The van der Waals surface area contributed by atoms with E-state index in [1.54, 1.807) is 12.3 Å². The Bertz CT molecular complexity index is 462. The molecule has 0 N–H and O–H groups in total. The lowest BCUT2D eigenvalue weighted by molar-refractivity contribution is -0.153. The van der Waals surface area contributed by atoms with Gasteiger partial charge >= 0.3 is 0 Å². The standard InChI is InChI=1S/C13H15BrN2O2/c1-3-13(4-2)11(17)16(12(13)18)10-6-5-9(7-14)15-8-10/h5-6,8H,3-4,7H2,1-2H3. The summed E-state index contributed by atoms with van der Waals surface area (Å²) >= 11 is 3.30. The predicted octanol–water partition coefficient (Wildman–Crippen LogP) is 2.66. The first-order valence-corrected chi connectivity index (χ1v) is 7.12. The first-order valence-electron chi connectivity index (χ1n) is 6.00. The number of amides is 2. The number of halogens is 1. The second-order valence-electron chi connectivity index (χ2n) is 4.38. The van der Waals surface area contributed by atoms with Crippen LogP contribution in [0.3, 0.4) is 0 Å². The van der Waals surface area contributed by atoms with Gasteiger partial charge in [0, 0.05) is 5.33 Å². The molecule has 0 radical (unpaired) electrons. The van der Waals surface area contributed by atoms with Crippen LogP contribution in [0, 0.1) is 5.41 Å². The summed E-state index contributed by atoms with van der Waals surface area (Å²) in [4.78, 5) is 29.8. The molecule has 1 fully saturated rings. The minimum Gasteiger partial charge on any atom is -0.273 e. The zero-order chi connectivity index (χ0) is 13.3. The molecule has 2 heterocycles. The molecule has 0 aliphatic carbocycles. The predicted molar refractivity (Wildman–Crippen MR) is 72.4 cm³/mol. The monoisotopic (exact) mass is 310 g/mol. The highest BCUT2D eigenvalue weighted by atomic mass is 79.9. The molecule has 2 rings (SSSR count). The van der Waals surface area contributed by atoms with Crippen LogP contribution >= 0.6 is 15.9 Å². The SMILES string of the molecule is CCC1(CC)C(=O)N(c2ccc(CBr)nc2)C1=O. The van der Waals surface area contributed by atoms with Crippen LogP contribution in [0.25, 0.3) is 0 Å². The highest BCUT2D eigenvalue weighted by molar-refractivity contribution is 9.08. The zero-order valence-corrected chi connectivity index (χ0v) is 12.0. The third-order valence-corrected chi connectivity index (χ3v) is 4.21. The van der Waals surface area contributed by atoms with Gasteiger partial charge in [0.15, 0.2) is 0 Å². The highest BCUT2D eigenvalue weighted by Gasteiger charge is 2.58. The molecule has 1 aromatic rings. The van der Waals surface area contributed by atoms with Crippen LogP contribution in [0.4, 0.5) is 5.69 Å². The molecular weight excluding hydrogens is 296 g/mol. The number of nitrogens with zero attached hydrogens (tertiary/aromatic N) is 2. The second-order valence-corrected chi connectivity index (χ2v) is 4.94. The summed E-state index contributed by atoms with van der Waals surface area (Å²) in [6.07, 6.45) is 2.69. The van der Waals surface area contributed by atoms with E-state index < -0.39 is 5.41 Å². The summed E-state index contributed by atoms with van der Waals surface area (Å²) in [5.74, 6) is -0.211. The van der Waals surface area contributed by atoms with Gasteiger partial charge in [-0.25, -0.2) is 4.90 Å². The number of imide groups is 1. The van der Waals surface area contributed by atoms with Crippen molar-refractivity contribution in [2.24, 2.45) is 5.41 Å². The van der Waals surface area contributed by atoms with Gasteiger partial charge in [-0.2, -0.15) is 0 Å². The van der Waals surface area contributed by atoms with Crippen LogP contribution in [-0.4, -0.2) is 16.8 Å². The fourth-order valence-electron chi connectivity index (χ4n) is 2.28. The topological polar surface area (TPSA) is 50.3 Å².